The van der Waals surface area contributed by atoms with Crippen LogP contribution in [0.3, 0.4) is 0 Å². The monoisotopic (exact) mass is 284 g/mol. The van der Waals surface area contributed by atoms with Crippen LogP contribution in [0.2, 0.25) is 0 Å². The maximum atomic E-state index is 11.0. The number of allylic oxidation sites excluding steroid dienone is 1. The van der Waals surface area contributed by atoms with Crippen molar-refractivity contribution in [3.63, 3.8) is 0 Å². The van der Waals surface area contributed by atoms with Gasteiger partial charge in [0, 0.05) is 0 Å². The fraction of sp³-hybridized carbons (Fsp3) is 0.143. The molecule has 0 aromatic carbocycles. The van der Waals surface area contributed by atoms with Gasteiger partial charge in [-0.1, -0.05) is 32.3 Å². The molecule has 2 nitrogen and oxygen atoms in total. The van der Waals surface area contributed by atoms with E-state index in [0.29, 0.717) is 10.6 Å². The number of rotatable bonds is 1. The molecule has 1 heterocycles. The van der Waals surface area contributed by atoms with E-state index < -0.39 is 0 Å². The number of hydrogen-bond acceptors (Lipinski definition) is 2. The maximum Gasteiger partial charge on any atom is 0.339 e. The molecule has 4 heteroatoms. The highest BCUT2D eigenvalue weighted by molar-refractivity contribution is 14.2. The lowest BCUT2D eigenvalue weighted by Gasteiger charge is -2.02. The maximum absolute atomic E-state index is 11.0. The SMILES string of the molecule is COC(=O)C1=C(Cl)C=IC=C1. The Morgan fingerprint density at radius 2 is 2.45 bits per heavy atom. The highest BCUT2D eigenvalue weighted by Crippen LogP contribution is 2.19. The Hall–Kier alpha value is -0.160. The molecule has 11 heavy (non-hydrogen) atoms. The molecule has 0 unspecified atom stereocenters. The smallest absolute Gasteiger partial charge is 0.339 e. The largest absolute Gasteiger partial charge is 0.465 e. The zero-order valence-electron chi connectivity index (χ0n) is 5.80. The van der Waals surface area contributed by atoms with Crippen molar-refractivity contribution in [1.82, 2.24) is 0 Å². The zero-order chi connectivity index (χ0) is 8.27. The number of carbonyl (C=O) groups is 1. The highest BCUT2D eigenvalue weighted by atomic mass is 127. The molecule has 0 aromatic heterocycles. The molecule has 0 fully saturated rings. The van der Waals surface area contributed by atoms with E-state index in [0.717, 1.165) is 0 Å². The van der Waals surface area contributed by atoms with Gasteiger partial charge in [-0.05, 0) is 14.2 Å². The van der Waals surface area contributed by atoms with E-state index in [1.54, 1.807) is 6.08 Å². The fourth-order valence-electron chi connectivity index (χ4n) is 0.605. The van der Waals surface area contributed by atoms with E-state index >= 15 is 0 Å². The van der Waals surface area contributed by atoms with Gasteiger partial charge in [-0.2, -0.15) is 0 Å². The van der Waals surface area contributed by atoms with Crippen LogP contribution in [0.5, 0.6) is 0 Å². The first-order valence-electron chi connectivity index (χ1n) is 2.85. The summed E-state index contributed by atoms with van der Waals surface area (Å²) in [6.45, 7) is 0. The number of methoxy groups -OCH3 is 1. The predicted octanol–water partition coefficient (Wildman–Crippen LogP) is 1.95. The summed E-state index contributed by atoms with van der Waals surface area (Å²) >= 11 is 5.67. The van der Waals surface area contributed by atoms with Gasteiger partial charge in [0.25, 0.3) is 0 Å². The quantitative estimate of drug-likeness (QED) is 0.543. The second kappa shape index (κ2) is 4.01. The molecule has 1 aliphatic rings. The summed E-state index contributed by atoms with van der Waals surface area (Å²) in [5.41, 5.74) is 0.458. The van der Waals surface area contributed by atoms with Crippen LogP contribution < -0.4 is 0 Å². The lowest BCUT2D eigenvalue weighted by molar-refractivity contribution is -0.135. The van der Waals surface area contributed by atoms with Crippen LogP contribution >= 0.6 is 32.3 Å². The van der Waals surface area contributed by atoms with E-state index in [-0.39, 0.29) is 26.7 Å². The normalized spacial score (nSPS) is 16.2. The number of halogens is 2. The van der Waals surface area contributed by atoms with E-state index in [1.165, 1.54) is 7.11 Å². The van der Waals surface area contributed by atoms with Gasteiger partial charge < -0.3 is 4.74 Å². The lowest BCUT2D eigenvalue weighted by Crippen LogP contribution is -2.05. The molecule has 0 spiro atoms. The summed E-state index contributed by atoms with van der Waals surface area (Å²) in [4.78, 5) is 11.0. The average Bonchev–Trinajstić information content (AvgIpc) is 2.04. The summed E-state index contributed by atoms with van der Waals surface area (Å²) in [7, 11) is 1.34. The van der Waals surface area contributed by atoms with E-state index in [4.69, 9.17) is 11.6 Å². The third-order valence-corrected chi connectivity index (χ3v) is 3.56. The Balaban J connectivity index is 2.95. The van der Waals surface area contributed by atoms with E-state index in [2.05, 4.69) is 4.74 Å². The van der Waals surface area contributed by atoms with Gasteiger partial charge in [-0.3, -0.25) is 0 Å². The summed E-state index contributed by atoms with van der Waals surface area (Å²) < 4.78 is 8.37. The molecule has 60 valence electrons. The molecular weight excluding hydrogens is 278 g/mol. The number of esters is 1. The molecule has 0 N–H and O–H groups in total. The van der Waals surface area contributed by atoms with Crippen molar-refractivity contribution in [1.29, 1.82) is 0 Å². The summed E-state index contributed by atoms with van der Waals surface area (Å²) in [5.74, 6) is -0.369. The first kappa shape index (κ1) is 8.93. The Morgan fingerprint density at radius 1 is 1.73 bits per heavy atom. The van der Waals surface area contributed by atoms with Gasteiger partial charge in [0.1, 0.15) is 0 Å². The zero-order valence-corrected chi connectivity index (χ0v) is 8.72. The summed E-state index contributed by atoms with van der Waals surface area (Å²) in [6, 6.07) is 0. The molecule has 1 aliphatic heterocycles. The van der Waals surface area contributed by atoms with Crippen molar-refractivity contribution in [3.8, 4) is 0 Å². The van der Waals surface area contributed by atoms with Crippen LogP contribution in [0.1, 0.15) is 0 Å². The number of hydrogen-bond donors (Lipinski definition) is 0. The molecule has 0 atom stereocenters. The molecule has 0 bridgehead atoms. The molecule has 0 amide bonds. The second-order valence-electron chi connectivity index (χ2n) is 1.78. The standard InChI is InChI=1S/C7H6ClIO2/c1-11-7(10)5-2-3-9-4-6(5)8/h2-4H,1H3. The van der Waals surface area contributed by atoms with Crippen LogP contribution in [-0.4, -0.2) is 17.1 Å². The fourth-order valence-corrected chi connectivity index (χ4v) is 2.49. The topological polar surface area (TPSA) is 26.3 Å². The average molecular weight is 284 g/mol. The first-order chi connectivity index (χ1) is 5.25. The van der Waals surface area contributed by atoms with Crippen LogP contribution in [-0.2, 0) is 9.53 Å². The van der Waals surface area contributed by atoms with E-state index in [9.17, 15) is 4.79 Å². The van der Waals surface area contributed by atoms with Gasteiger partial charge in [-0.15, -0.1) is 0 Å². The highest BCUT2D eigenvalue weighted by Gasteiger charge is 2.11. The Labute approximate surface area is 79.6 Å². The molecule has 0 aromatic rings. The van der Waals surface area contributed by atoms with Crippen LogP contribution in [0.4, 0.5) is 0 Å². The Kier molecular flexibility index (Phi) is 3.26. The van der Waals surface area contributed by atoms with Crippen molar-refractivity contribution in [2.45, 2.75) is 0 Å². The predicted molar refractivity (Wildman–Crippen MR) is 54.1 cm³/mol. The molecule has 0 aliphatic carbocycles. The Morgan fingerprint density at radius 3 is 3.00 bits per heavy atom. The van der Waals surface area contributed by atoms with Crippen molar-refractivity contribution >= 4 is 42.3 Å². The van der Waals surface area contributed by atoms with Crippen molar-refractivity contribution < 1.29 is 9.53 Å². The number of ether oxygens (including phenoxy) is 1. The third-order valence-electron chi connectivity index (χ3n) is 1.12. The van der Waals surface area contributed by atoms with Crippen molar-refractivity contribution in [2.75, 3.05) is 7.11 Å². The summed E-state index contributed by atoms with van der Waals surface area (Å²) in [6.07, 6.45) is 1.72. The van der Waals surface area contributed by atoms with E-state index in [1.807, 2.05) is 8.09 Å². The van der Waals surface area contributed by atoms with Gasteiger partial charge in [0.05, 0.1) is 17.7 Å². The minimum atomic E-state index is -0.369. The Bertz CT molecular complexity index is 266. The molecule has 0 saturated heterocycles. The number of carbonyl (C=O) groups excluding carboxylic acids is 1. The summed E-state index contributed by atoms with van der Waals surface area (Å²) in [5, 5.41) is 0.521. The van der Waals surface area contributed by atoms with Crippen LogP contribution in [0, 0.1) is 0 Å². The lowest BCUT2D eigenvalue weighted by atomic mass is 10.2. The minimum Gasteiger partial charge on any atom is -0.465 e. The van der Waals surface area contributed by atoms with Crippen molar-refractivity contribution in [3.05, 3.63) is 20.8 Å². The third kappa shape index (κ3) is 2.13. The molecule has 0 saturated carbocycles. The van der Waals surface area contributed by atoms with Gasteiger partial charge in [0.15, 0.2) is 0 Å². The van der Waals surface area contributed by atoms with Crippen LogP contribution in [0.25, 0.3) is 0 Å². The van der Waals surface area contributed by atoms with Gasteiger partial charge >= 0.3 is 5.97 Å². The van der Waals surface area contributed by atoms with Crippen LogP contribution in [0.15, 0.2) is 20.8 Å². The minimum absolute atomic E-state index is 0.0867. The second-order valence-corrected chi connectivity index (χ2v) is 4.25. The van der Waals surface area contributed by atoms with Crippen molar-refractivity contribution in [2.24, 2.45) is 0 Å². The molecule has 1 rings (SSSR count). The van der Waals surface area contributed by atoms with Gasteiger partial charge in [0.2, 0.25) is 0 Å². The molecule has 0 radical (unpaired) electrons. The molecular formula is C7H6ClIO2. The van der Waals surface area contributed by atoms with Gasteiger partial charge in [-0.25, -0.2) is 4.79 Å². The first-order valence-corrected chi connectivity index (χ1v) is 5.72.